The summed E-state index contributed by atoms with van der Waals surface area (Å²) >= 11 is 5.01. The third-order valence-corrected chi connectivity index (χ3v) is 4.19. The second-order valence-corrected chi connectivity index (χ2v) is 6.17. The second kappa shape index (κ2) is 4.90. The number of halogens is 2. The Labute approximate surface area is 122 Å². The van der Waals surface area contributed by atoms with Gasteiger partial charge in [-0.3, -0.25) is 0 Å². The van der Waals surface area contributed by atoms with Gasteiger partial charge in [0.25, 0.3) is 0 Å². The SMILES string of the molecule is Cc1cc(Nc2nc3ccc(Br)cc3s2)ccc1F. The van der Waals surface area contributed by atoms with Gasteiger partial charge in [0, 0.05) is 10.2 Å². The van der Waals surface area contributed by atoms with E-state index >= 15 is 0 Å². The number of hydrogen-bond donors (Lipinski definition) is 1. The fourth-order valence-corrected chi connectivity index (χ4v) is 3.24. The molecule has 0 spiro atoms. The molecule has 0 aliphatic heterocycles. The minimum Gasteiger partial charge on any atom is -0.332 e. The van der Waals surface area contributed by atoms with Gasteiger partial charge in [0.15, 0.2) is 5.13 Å². The maximum atomic E-state index is 13.2. The van der Waals surface area contributed by atoms with Crippen LogP contribution in [0.5, 0.6) is 0 Å². The van der Waals surface area contributed by atoms with E-state index in [1.807, 2.05) is 18.2 Å². The van der Waals surface area contributed by atoms with E-state index in [4.69, 9.17) is 0 Å². The van der Waals surface area contributed by atoms with Crippen LogP contribution in [0.1, 0.15) is 5.56 Å². The Hall–Kier alpha value is -1.46. The van der Waals surface area contributed by atoms with Crippen LogP contribution >= 0.6 is 27.3 Å². The number of nitrogens with one attached hydrogen (secondary N) is 1. The molecule has 0 radical (unpaired) electrons. The summed E-state index contributed by atoms with van der Waals surface area (Å²) in [5, 5.41) is 4.01. The van der Waals surface area contributed by atoms with Crippen molar-refractivity contribution in [2.24, 2.45) is 0 Å². The first-order valence-corrected chi connectivity index (χ1v) is 7.32. The number of aromatic nitrogens is 1. The minimum atomic E-state index is -0.196. The van der Waals surface area contributed by atoms with Gasteiger partial charge in [0.05, 0.1) is 10.2 Å². The summed E-state index contributed by atoms with van der Waals surface area (Å²) in [4.78, 5) is 4.49. The molecule has 2 aromatic carbocycles. The lowest BCUT2D eigenvalue weighted by molar-refractivity contribution is 0.619. The molecule has 0 aliphatic carbocycles. The third kappa shape index (κ3) is 2.62. The molecule has 0 saturated carbocycles. The highest BCUT2D eigenvalue weighted by molar-refractivity contribution is 9.10. The molecule has 96 valence electrons. The van der Waals surface area contributed by atoms with Crippen molar-refractivity contribution in [3.05, 3.63) is 52.3 Å². The predicted molar refractivity (Wildman–Crippen MR) is 81.7 cm³/mol. The van der Waals surface area contributed by atoms with Gasteiger partial charge in [0.2, 0.25) is 0 Å². The van der Waals surface area contributed by atoms with Crippen LogP contribution < -0.4 is 5.32 Å². The van der Waals surface area contributed by atoms with Crippen molar-refractivity contribution in [2.75, 3.05) is 5.32 Å². The Morgan fingerprint density at radius 1 is 1.21 bits per heavy atom. The van der Waals surface area contributed by atoms with E-state index in [1.165, 1.54) is 6.07 Å². The summed E-state index contributed by atoms with van der Waals surface area (Å²) in [6.45, 7) is 1.75. The molecular formula is C14H10BrFN2S. The Balaban J connectivity index is 1.94. The highest BCUT2D eigenvalue weighted by Gasteiger charge is 2.05. The summed E-state index contributed by atoms with van der Waals surface area (Å²) in [6, 6.07) is 10.9. The van der Waals surface area contributed by atoms with Crippen LogP contribution in [0.2, 0.25) is 0 Å². The fraction of sp³-hybridized carbons (Fsp3) is 0.0714. The highest BCUT2D eigenvalue weighted by Crippen LogP contribution is 2.30. The molecule has 0 atom stereocenters. The molecule has 5 heteroatoms. The van der Waals surface area contributed by atoms with Crippen LogP contribution in [-0.4, -0.2) is 4.98 Å². The molecule has 0 aliphatic rings. The molecule has 3 aromatic rings. The number of fused-ring (bicyclic) bond motifs is 1. The number of anilines is 2. The van der Waals surface area contributed by atoms with Gasteiger partial charge in [-0.25, -0.2) is 9.37 Å². The molecule has 1 N–H and O–H groups in total. The minimum absolute atomic E-state index is 0.196. The molecule has 0 fully saturated rings. The summed E-state index contributed by atoms with van der Waals surface area (Å²) in [5.41, 5.74) is 2.42. The number of benzene rings is 2. The van der Waals surface area contributed by atoms with Crippen molar-refractivity contribution >= 4 is 48.3 Å². The maximum absolute atomic E-state index is 13.2. The van der Waals surface area contributed by atoms with E-state index in [9.17, 15) is 4.39 Å². The molecule has 2 nitrogen and oxygen atoms in total. The molecular weight excluding hydrogens is 327 g/mol. The summed E-state index contributed by atoms with van der Waals surface area (Å²) in [7, 11) is 0. The lowest BCUT2D eigenvalue weighted by atomic mass is 10.2. The summed E-state index contributed by atoms with van der Waals surface area (Å²) < 4.78 is 15.3. The zero-order valence-corrected chi connectivity index (χ0v) is 12.5. The van der Waals surface area contributed by atoms with Gasteiger partial charge in [0.1, 0.15) is 5.82 Å². The van der Waals surface area contributed by atoms with Crippen LogP contribution in [-0.2, 0) is 0 Å². The van der Waals surface area contributed by atoms with Gasteiger partial charge >= 0.3 is 0 Å². The van der Waals surface area contributed by atoms with Crippen LogP contribution in [0.3, 0.4) is 0 Å². The molecule has 0 saturated heterocycles. The monoisotopic (exact) mass is 336 g/mol. The van der Waals surface area contributed by atoms with Gasteiger partial charge in [-0.05, 0) is 48.9 Å². The average Bonchev–Trinajstić information content (AvgIpc) is 2.75. The van der Waals surface area contributed by atoms with E-state index in [0.29, 0.717) is 5.56 Å². The van der Waals surface area contributed by atoms with E-state index in [0.717, 1.165) is 25.5 Å². The van der Waals surface area contributed by atoms with Crippen LogP contribution in [0.4, 0.5) is 15.2 Å². The predicted octanol–water partition coefficient (Wildman–Crippen LogP) is 5.25. The average molecular weight is 337 g/mol. The third-order valence-electron chi connectivity index (χ3n) is 2.76. The normalized spacial score (nSPS) is 10.9. The van der Waals surface area contributed by atoms with Crippen LogP contribution in [0, 0.1) is 12.7 Å². The summed E-state index contributed by atoms with van der Waals surface area (Å²) in [5.74, 6) is -0.196. The first-order valence-electron chi connectivity index (χ1n) is 5.71. The van der Waals surface area contributed by atoms with Crippen LogP contribution in [0.25, 0.3) is 10.2 Å². The highest BCUT2D eigenvalue weighted by atomic mass is 79.9. The quantitative estimate of drug-likeness (QED) is 0.691. The van der Waals surface area contributed by atoms with E-state index < -0.39 is 0 Å². The largest absolute Gasteiger partial charge is 0.332 e. The van der Waals surface area contributed by atoms with E-state index in [2.05, 4.69) is 26.2 Å². The van der Waals surface area contributed by atoms with Gasteiger partial charge in [-0.15, -0.1) is 0 Å². The second-order valence-electron chi connectivity index (χ2n) is 4.22. The van der Waals surface area contributed by atoms with Gasteiger partial charge < -0.3 is 5.32 Å². The number of hydrogen-bond acceptors (Lipinski definition) is 3. The number of rotatable bonds is 2. The Morgan fingerprint density at radius 3 is 2.84 bits per heavy atom. The molecule has 0 amide bonds. The molecule has 19 heavy (non-hydrogen) atoms. The van der Waals surface area contributed by atoms with Gasteiger partial charge in [-0.1, -0.05) is 27.3 Å². The zero-order chi connectivity index (χ0) is 13.4. The molecule has 1 heterocycles. The first-order chi connectivity index (χ1) is 9.11. The molecule has 3 rings (SSSR count). The van der Waals surface area contributed by atoms with E-state index in [1.54, 1.807) is 30.4 Å². The van der Waals surface area contributed by atoms with Crippen molar-refractivity contribution in [3.8, 4) is 0 Å². The number of aryl methyl sites for hydroxylation is 1. The van der Waals surface area contributed by atoms with Gasteiger partial charge in [-0.2, -0.15) is 0 Å². The summed E-state index contributed by atoms with van der Waals surface area (Å²) in [6.07, 6.45) is 0. The van der Waals surface area contributed by atoms with Crippen molar-refractivity contribution in [3.63, 3.8) is 0 Å². The molecule has 1 aromatic heterocycles. The van der Waals surface area contributed by atoms with Crippen molar-refractivity contribution < 1.29 is 4.39 Å². The first kappa shape index (κ1) is 12.6. The molecule has 0 bridgehead atoms. The zero-order valence-electron chi connectivity index (χ0n) is 10.1. The lowest BCUT2D eigenvalue weighted by Crippen LogP contribution is -1.91. The van der Waals surface area contributed by atoms with Crippen molar-refractivity contribution in [1.29, 1.82) is 0 Å². The Morgan fingerprint density at radius 2 is 2.05 bits per heavy atom. The topological polar surface area (TPSA) is 24.9 Å². The Kier molecular flexibility index (Phi) is 3.24. The lowest BCUT2D eigenvalue weighted by Gasteiger charge is -2.03. The standard InChI is InChI=1S/C14H10BrFN2S/c1-8-6-10(3-4-11(8)16)17-14-18-12-5-2-9(15)7-13(12)19-14/h2-7H,1H3,(H,17,18). The van der Waals surface area contributed by atoms with E-state index in [-0.39, 0.29) is 5.82 Å². The Bertz CT molecular complexity index is 754. The maximum Gasteiger partial charge on any atom is 0.188 e. The number of nitrogens with zero attached hydrogens (tertiary/aromatic N) is 1. The fourth-order valence-electron chi connectivity index (χ4n) is 1.80. The van der Waals surface area contributed by atoms with Crippen molar-refractivity contribution in [1.82, 2.24) is 4.98 Å². The van der Waals surface area contributed by atoms with Crippen molar-refractivity contribution in [2.45, 2.75) is 6.92 Å². The van der Waals surface area contributed by atoms with Crippen LogP contribution in [0.15, 0.2) is 40.9 Å². The molecule has 0 unspecified atom stereocenters. The smallest absolute Gasteiger partial charge is 0.188 e. The number of thiazole rings is 1.